The maximum absolute atomic E-state index is 14.6. The number of benzene rings is 1. The van der Waals surface area contributed by atoms with Crippen molar-refractivity contribution in [3.05, 3.63) is 54.2 Å². The van der Waals surface area contributed by atoms with E-state index in [1.165, 1.54) is 27.6 Å². The third-order valence-corrected chi connectivity index (χ3v) is 7.40. The number of carbonyl (C=O) groups excluding carboxylic acids is 1. The number of hydrogen-bond donors (Lipinski definition) is 1. The van der Waals surface area contributed by atoms with E-state index in [2.05, 4.69) is 15.5 Å². The minimum atomic E-state index is -4.58. The highest BCUT2D eigenvalue weighted by atomic mass is 19.4. The Hall–Kier alpha value is -3.97. The summed E-state index contributed by atoms with van der Waals surface area (Å²) in [6, 6.07) is 9.73. The number of halogens is 3. The average Bonchev–Trinajstić information content (AvgIpc) is 3.56. The quantitative estimate of drug-likeness (QED) is 0.260. The number of pyridine rings is 2. The second kappa shape index (κ2) is 11.8. The highest BCUT2D eigenvalue weighted by Crippen LogP contribution is 2.40. The van der Waals surface area contributed by atoms with Gasteiger partial charge in [0.25, 0.3) is 0 Å². The number of carbonyl (C=O) groups is 1. The van der Waals surface area contributed by atoms with E-state index < -0.39 is 35.6 Å². The Bertz CT molecular complexity index is 1650. The summed E-state index contributed by atoms with van der Waals surface area (Å²) in [5.41, 5.74) is 0.182. The number of ether oxygens (including phenoxy) is 3. The first-order valence-electron chi connectivity index (χ1n) is 14.4. The van der Waals surface area contributed by atoms with Crippen molar-refractivity contribution >= 4 is 22.6 Å². The van der Waals surface area contributed by atoms with Crippen LogP contribution in [0.15, 0.2) is 48.7 Å². The molecule has 1 aromatic carbocycles. The summed E-state index contributed by atoms with van der Waals surface area (Å²) in [6.45, 7) is 9.45. The van der Waals surface area contributed by atoms with Crippen molar-refractivity contribution in [3.8, 4) is 17.3 Å². The van der Waals surface area contributed by atoms with E-state index in [1.54, 1.807) is 40.0 Å². The van der Waals surface area contributed by atoms with Gasteiger partial charge in [0.05, 0.1) is 5.60 Å². The van der Waals surface area contributed by atoms with Gasteiger partial charge in [-0.2, -0.15) is 13.2 Å². The second-order valence-corrected chi connectivity index (χ2v) is 12.6. The fourth-order valence-corrected chi connectivity index (χ4v) is 5.14. The van der Waals surface area contributed by atoms with Crippen molar-refractivity contribution in [1.82, 2.24) is 29.8 Å². The lowest BCUT2D eigenvalue weighted by molar-refractivity contribution is -0.184. The number of aromatic nitrogens is 4. The molecule has 236 valence electrons. The predicted octanol–water partition coefficient (Wildman–Crippen LogP) is 5.95. The van der Waals surface area contributed by atoms with Gasteiger partial charge < -0.3 is 19.5 Å². The summed E-state index contributed by atoms with van der Waals surface area (Å²) in [5, 5.41) is 12.0. The number of rotatable bonds is 8. The molecule has 5 rings (SSSR count). The number of alkyl halides is 3. The maximum atomic E-state index is 14.6. The summed E-state index contributed by atoms with van der Waals surface area (Å²) in [5.74, 6) is 0.840. The molecule has 10 nitrogen and oxygen atoms in total. The topological polar surface area (TPSA) is 103 Å². The smallest absolute Gasteiger partial charge is 0.408 e. The van der Waals surface area contributed by atoms with Crippen LogP contribution in [0.3, 0.4) is 0 Å². The molecular weight excluding hydrogens is 577 g/mol. The number of fused-ring (bicyclic) bond motifs is 2. The van der Waals surface area contributed by atoms with Crippen molar-refractivity contribution in [2.75, 3.05) is 26.8 Å². The van der Waals surface area contributed by atoms with E-state index in [0.717, 1.165) is 5.39 Å². The Morgan fingerprint density at radius 1 is 1.07 bits per heavy atom. The van der Waals surface area contributed by atoms with E-state index in [1.807, 2.05) is 32.0 Å². The highest BCUT2D eigenvalue weighted by Gasteiger charge is 2.47. The van der Waals surface area contributed by atoms with Gasteiger partial charge in [-0.05, 0) is 64.8 Å². The SMILES string of the molecule is COC(C)(C)COc1cccc2ccc(-c3nnc4ccc([C@@H](N5CC[C@H](NC(=O)OC(C)(C)C)C5)C(F)(F)F)cn34)nc12. The zero-order chi connectivity index (χ0) is 31.9. The molecule has 13 heteroatoms. The summed E-state index contributed by atoms with van der Waals surface area (Å²) in [7, 11) is 1.61. The zero-order valence-corrected chi connectivity index (χ0v) is 25.6. The second-order valence-electron chi connectivity index (χ2n) is 12.6. The van der Waals surface area contributed by atoms with Crippen LogP contribution in [0.1, 0.15) is 52.6 Å². The van der Waals surface area contributed by atoms with E-state index in [-0.39, 0.29) is 25.3 Å². The predicted molar refractivity (Wildman–Crippen MR) is 158 cm³/mol. The van der Waals surface area contributed by atoms with E-state index in [0.29, 0.717) is 34.9 Å². The van der Waals surface area contributed by atoms with Gasteiger partial charge in [-0.25, -0.2) is 9.78 Å². The van der Waals surface area contributed by atoms with Gasteiger partial charge in [-0.1, -0.05) is 24.3 Å². The first kappa shape index (κ1) is 31.5. The molecule has 0 unspecified atom stereocenters. The zero-order valence-electron chi connectivity index (χ0n) is 25.6. The van der Waals surface area contributed by atoms with Gasteiger partial charge in [-0.3, -0.25) is 9.30 Å². The van der Waals surface area contributed by atoms with Crippen LogP contribution in [0.25, 0.3) is 28.1 Å². The Morgan fingerprint density at radius 2 is 1.84 bits per heavy atom. The fraction of sp³-hybridized carbons (Fsp3) is 0.484. The van der Waals surface area contributed by atoms with Crippen LogP contribution in [0.5, 0.6) is 5.75 Å². The van der Waals surface area contributed by atoms with Crippen molar-refractivity contribution in [3.63, 3.8) is 0 Å². The summed E-state index contributed by atoms with van der Waals surface area (Å²) in [4.78, 5) is 18.3. The van der Waals surface area contributed by atoms with Gasteiger partial charge in [0.2, 0.25) is 0 Å². The lowest BCUT2D eigenvalue weighted by Crippen LogP contribution is -2.42. The van der Waals surface area contributed by atoms with Gasteiger partial charge in [0.15, 0.2) is 11.5 Å². The molecule has 0 bridgehead atoms. The monoisotopic (exact) mass is 614 g/mol. The average molecular weight is 615 g/mol. The summed E-state index contributed by atoms with van der Waals surface area (Å²) in [6.07, 6.45) is -3.46. The van der Waals surface area contributed by atoms with Gasteiger partial charge >= 0.3 is 12.3 Å². The third kappa shape index (κ3) is 7.05. The molecule has 1 aliphatic heterocycles. The largest absolute Gasteiger partial charge is 0.488 e. The van der Waals surface area contributed by atoms with Gasteiger partial charge in [0, 0.05) is 37.8 Å². The number of amides is 1. The molecular formula is C31H37F3N6O4. The molecule has 0 spiro atoms. The van der Waals surface area contributed by atoms with Crippen LogP contribution in [0.2, 0.25) is 0 Å². The number of nitrogens with zero attached hydrogens (tertiary/aromatic N) is 5. The van der Waals surface area contributed by atoms with E-state index in [4.69, 9.17) is 19.2 Å². The van der Waals surface area contributed by atoms with E-state index >= 15 is 0 Å². The lowest BCUT2D eigenvalue weighted by Gasteiger charge is -2.30. The van der Waals surface area contributed by atoms with Crippen LogP contribution in [0.4, 0.5) is 18.0 Å². The maximum Gasteiger partial charge on any atom is 0.408 e. The van der Waals surface area contributed by atoms with Crippen molar-refractivity contribution in [2.24, 2.45) is 0 Å². The van der Waals surface area contributed by atoms with Crippen LogP contribution in [-0.2, 0) is 9.47 Å². The number of alkyl carbamates (subject to hydrolysis) is 1. The van der Waals surface area contributed by atoms with Gasteiger partial charge in [0.1, 0.15) is 35.2 Å². The first-order chi connectivity index (χ1) is 20.6. The molecule has 44 heavy (non-hydrogen) atoms. The molecule has 1 amide bonds. The molecule has 4 heterocycles. The Labute approximate surface area is 253 Å². The number of hydrogen-bond acceptors (Lipinski definition) is 8. The molecule has 1 aliphatic rings. The highest BCUT2D eigenvalue weighted by molar-refractivity contribution is 5.86. The number of para-hydroxylation sites is 1. The van der Waals surface area contributed by atoms with Crippen molar-refractivity contribution in [1.29, 1.82) is 0 Å². The van der Waals surface area contributed by atoms with E-state index in [9.17, 15) is 18.0 Å². The van der Waals surface area contributed by atoms with Crippen LogP contribution < -0.4 is 10.1 Å². The molecule has 0 radical (unpaired) electrons. The molecule has 0 aliphatic carbocycles. The molecule has 1 saturated heterocycles. The van der Waals surface area contributed by atoms with Gasteiger partial charge in [-0.15, -0.1) is 10.2 Å². The van der Waals surface area contributed by atoms with Crippen molar-refractivity contribution in [2.45, 2.75) is 70.5 Å². The minimum Gasteiger partial charge on any atom is -0.488 e. The minimum absolute atomic E-state index is 0.0192. The van der Waals surface area contributed by atoms with Crippen LogP contribution in [0, 0.1) is 0 Å². The standard InChI is InChI=1S/C31H37F3N6O4/c1-29(2,3)44-28(41)35-21-14-15-39(17-21)26(31(32,33)34)20-11-13-24-37-38-27(40(24)16-20)22-12-10-19-8-7-9-23(25(19)36-22)43-18-30(4,5)42-6/h7-13,16,21,26H,14-15,17-18H2,1-6H3,(H,35,41)/t21-,26+/m0/s1. The Kier molecular flexibility index (Phi) is 8.47. The number of likely N-dealkylation sites (tertiary alicyclic amines) is 1. The number of nitrogens with one attached hydrogen (secondary N) is 1. The van der Waals surface area contributed by atoms with Crippen LogP contribution >= 0.6 is 0 Å². The normalized spacial score (nSPS) is 17.2. The van der Waals surface area contributed by atoms with Crippen molar-refractivity contribution < 1.29 is 32.2 Å². The summed E-state index contributed by atoms with van der Waals surface area (Å²) >= 11 is 0. The lowest BCUT2D eigenvalue weighted by atomic mass is 10.1. The fourth-order valence-electron chi connectivity index (χ4n) is 5.14. The molecule has 4 aromatic rings. The first-order valence-corrected chi connectivity index (χ1v) is 14.4. The molecule has 1 N–H and O–H groups in total. The Balaban J connectivity index is 1.45. The van der Waals surface area contributed by atoms with Crippen LogP contribution in [-0.4, -0.2) is 80.8 Å². The molecule has 2 atom stereocenters. The third-order valence-electron chi connectivity index (χ3n) is 7.40. The molecule has 3 aromatic heterocycles. The Morgan fingerprint density at radius 3 is 2.55 bits per heavy atom. The molecule has 1 fully saturated rings. The molecule has 0 saturated carbocycles. The summed E-state index contributed by atoms with van der Waals surface area (Å²) < 4.78 is 62.1. The number of methoxy groups -OCH3 is 1.